The van der Waals surface area contributed by atoms with Crippen molar-refractivity contribution in [2.24, 2.45) is 0 Å². The van der Waals surface area contributed by atoms with Crippen LogP contribution < -0.4 is 0 Å². The van der Waals surface area contributed by atoms with Crippen molar-refractivity contribution in [1.29, 1.82) is 0 Å². The highest BCUT2D eigenvalue weighted by Gasteiger charge is 2.28. The van der Waals surface area contributed by atoms with E-state index in [1.807, 2.05) is 0 Å². The van der Waals surface area contributed by atoms with Crippen LogP contribution in [0.3, 0.4) is 0 Å². The Labute approximate surface area is 99.5 Å². The minimum atomic E-state index is 0.580. The molecule has 88 valence electrons. The summed E-state index contributed by atoms with van der Waals surface area (Å²) < 4.78 is 0. The van der Waals surface area contributed by atoms with Gasteiger partial charge < -0.3 is 0 Å². The Bertz CT molecular complexity index is 379. The lowest BCUT2D eigenvalue weighted by atomic mass is 9.97. The van der Waals surface area contributed by atoms with Gasteiger partial charge in [-0.3, -0.25) is 4.90 Å². The fourth-order valence-corrected chi connectivity index (χ4v) is 2.67. The standard InChI is InChI=1S/C15H23N/c1-10(2)13-6-7-15-12(5)16(11(3)4)9-14(15)8-13/h6-8,10-12H,9H2,1-5H3. The molecule has 0 spiro atoms. The summed E-state index contributed by atoms with van der Waals surface area (Å²) in [5, 5.41) is 0. The number of fused-ring (bicyclic) bond motifs is 1. The van der Waals surface area contributed by atoms with Crippen molar-refractivity contribution in [3.05, 3.63) is 34.9 Å². The molecule has 0 saturated carbocycles. The van der Waals surface area contributed by atoms with E-state index in [1.54, 1.807) is 0 Å². The average Bonchev–Trinajstić information content (AvgIpc) is 2.55. The van der Waals surface area contributed by atoms with Crippen molar-refractivity contribution in [3.8, 4) is 0 Å². The van der Waals surface area contributed by atoms with E-state index in [0.29, 0.717) is 18.0 Å². The molecule has 0 saturated heterocycles. The van der Waals surface area contributed by atoms with Crippen molar-refractivity contribution >= 4 is 0 Å². The van der Waals surface area contributed by atoms with E-state index in [-0.39, 0.29) is 0 Å². The fraction of sp³-hybridized carbons (Fsp3) is 0.600. The highest BCUT2D eigenvalue weighted by atomic mass is 15.2. The summed E-state index contributed by atoms with van der Waals surface area (Å²) in [6, 6.07) is 8.24. The molecule has 1 aromatic rings. The highest BCUT2D eigenvalue weighted by Crippen LogP contribution is 2.36. The van der Waals surface area contributed by atoms with Gasteiger partial charge in [0.1, 0.15) is 0 Å². The second-order valence-electron chi connectivity index (χ2n) is 5.56. The van der Waals surface area contributed by atoms with Crippen molar-refractivity contribution in [2.75, 3.05) is 0 Å². The van der Waals surface area contributed by atoms with Crippen LogP contribution in [0.4, 0.5) is 0 Å². The first-order valence-electron chi connectivity index (χ1n) is 6.39. The number of hydrogen-bond donors (Lipinski definition) is 0. The smallest absolute Gasteiger partial charge is 0.0329 e. The molecule has 1 unspecified atom stereocenters. The Kier molecular flexibility index (Phi) is 3.07. The fourth-order valence-electron chi connectivity index (χ4n) is 2.67. The zero-order valence-electron chi connectivity index (χ0n) is 11.1. The van der Waals surface area contributed by atoms with E-state index in [2.05, 4.69) is 57.7 Å². The SMILES string of the molecule is CC(C)c1ccc2c(c1)CN(C(C)C)C2C. The van der Waals surface area contributed by atoms with E-state index in [9.17, 15) is 0 Å². The van der Waals surface area contributed by atoms with E-state index in [1.165, 1.54) is 16.7 Å². The van der Waals surface area contributed by atoms with E-state index >= 15 is 0 Å². The molecule has 1 heteroatoms. The van der Waals surface area contributed by atoms with Gasteiger partial charge in [0.25, 0.3) is 0 Å². The molecule has 1 heterocycles. The van der Waals surface area contributed by atoms with Crippen LogP contribution in [-0.4, -0.2) is 10.9 Å². The lowest BCUT2D eigenvalue weighted by Gasteiger charge is -2.25. The first kappa shape index (κ1) is 11.7. The molecular weight excluding hydrogens is 194 g/mol. The largest absolute Gasteiger partial charge is 0.290 e. The molecule has 1 aliphatic rings. The van der Waals surface area contributed by atoms with Crippen LogP contribution >= 0.6 is 0 Å². The summed E-state index contributed by atoms with van der Waals surface area (Å²) in [5.41, 5.74) is 4.53. The molecule has 0 aliphatic carbocycles. The molecule has 0 aromatic heterocycles. The van der Waals surface area contributed by atoms with Gasteiger partial charge in [-0.15, -0.1) is 0 Å². The van der Waals surface area contributed by atoms with Crippen molar-refractivity contribution in [1.82, 2.24) is 4.90 Å². The second kappa shape index (κ2) is 4.21. The van der Waals surface area contributed by atoms with Gasteiger partial charge in [-0.05, 0) is 43.4 Å². The molecule has 1 aromatic carbocycles. The number of rotatable bonds is 2. The van der Waals surface area contributed by atoms with Crippen LogP contribution in [0.5, 0.6) is 0 Å². The van der Waals surface area contributed by atoms with Gasteiger partial charge in [0, 0.05) is 18.6 Å². The van der Waals surface area contributed by atoms with Crippen LogP contribution in [0, 0.1) is 0 Å². The van der Waals surface area contributed by atoms with Crippen molar-refractivity contribution in [3.63, 3.8) is 0 Å². The van der Waals surface area contributed by atoms with Crippen molar-refractivity contribution in [2.45, 2.75) is 59.2 Å². The zero-order chi connectivity index (χ0) is 11.9. The van der Waals surface area contributed by atoms with Gasteiger partial charge in [0.05, 0.1) is 0 Å². The predicted octanol–water partition coefficient (Wildman–Crippen LogP) is 4.10. The lowest BCUT2D eigenvalue weighted by Crippen LogP contribution is -2.27. The molecule has 0 radical (unpaired) electrons. The van der Waals surface area contributed by atoms with Gasteiger partial charge in [-0.2, -0.15) is 0 Å². The number of benzene rings is 1. The summed E-state index contributed by atoms with van der Waals surface area (Å²) in [7, 11) is 0. The summed E-state index contributed by atoms with van der Waals surface area (Å²) in [6.07, 6.45) is 0. The third-order valence-electron chi connectivity index (χ3n) is 3.80. The maximum atomic E-state index is 2.56. The van der Waals surface area contributed by atoms with Gasteiger partial charge in [0.2, 0.25) is 0 Å². The molecule has 1 atom stereocenters. The Hall–Kier alpha value is -0.820. The van der Waals surface area contributed by atoms with Crippen LogP contribution in [0.2, 0.25) is 0 Å². The molecule has 0 N–H and O–H groups in total. The number of hydrogen-bond acceptors (Lipinski definition) is 1. The Morgan fingerprint density at radius 1 is 1.19 bits per heavy atom. The molecule has 1 aliphatic heterocycles. The monoisotopic (exact) mass is 217 g/mol. The third kappa shape index (κ3) is 1.89. The first-order chi connectivity index (χ1) is 7.50. The molecule has 1 nitrogen and oxygen atoms in total. The summed E-state index contributed by atoms with van der Waals surface area (Å²) in [6.45, 7) is 12.5. The molecule has 0 fully saturated rings. The third-order valence-corrected chi connectivity index (χ3v) is 3.80. The topological polar surface area (TPSA) is 3.24 Å². The summed E-state index contributed by atoms with van der Waals surface area (Å²) in [4.78, 5) is 2.56. The normalized spacial score (nSPS) is 20.8. The van der Waals surface area contributed by atoms with E-state index in [4.69, 9.17) is 0 Å². The molecule has 0 bridgehead atoms. The quantitative estimate of drug-likeness (QED) is 0.721. The van der Waals surface area contributed by atoms with Crippen LogP contribution in [0.1, 0.15) is 63.3 Å². The van der Waals surface area contributed by atoms with E-state index < -0.39 is 0 Å². The minimum absolute atomic E-state index is 0.580. The van der Waals surface area contributed by atoms with Crippen LogP contribution in [0.25, 0.3) is 0 Å². The van der Waals surface area contributed by atoms with Crippen molar-refractivity contribution < 1.29 is 0 Å². The van der Waals surface area contributed by atoms with Crippen LogP contribution in [-0.2, 0) is 6.54 Å². The van der Waals surface area contributed by atoms with Gasteiger partial charge >= 0.3 is 0 Å². The molecule has 0 amide bonds. The zero-order valence-corrected chi connectivity index (χ0v) is 11.1. The highest BCUT2D eigenvalue weighted by molar-refractivity contribution is 5.38. The Morgan fingerprint density at radius 2 is 1.88 bits per heavy atom. The Balaban J connectivity index is 2.33. The number of nitrogens with zero attached hydrogens (tertiary/aromatic N) is 1. The molecule has 2 rings (SSSR count). The predicted molar refractivity (Wildman–Crippen MR) is 69.6 cm³/mol. The van der Waals surface area contributed by atoms with Crippen LogP contribution in [0.15, 0.2) is 18.2 Å². The van der Waals surface area contributed by atoms with Gasteiger partial charge in [-0.25, -0.2) is 0 Å². The second-order valence-corrected chi connectivity index (χ2v) is 5.56. The van der Waals surface area contributed by atoms with E-state index in [0.717, 1.165) is 6.54 Å². The Morgan fingerprint density at radius 3 is 2.44 bits per heavy atom. The average molecular weight is 217 g/mol. The maximum absolute atomic E-state index is 2.56. The summed E-state index contributed by atoms with van der Waals surface area (Å²) >= 11 is 0. The summed E-state index contributed by atoms with van der Waals surface area (Å²) in [5.74, 6) is 0.633. The maximum Gasteiger partial charge on any atom is 0.0329 e. The van der Waals surface area contributed by atoms with Gasteiger partial charge in [0.15, 0.2) is 0 Å². The molecular formula is C15H23N. The minimum Gasteiger partial charge on any atom is -0.290 e. The lowest BCUT2D eigenvalue weighted by molar-refractivity contribution is 0.180. The van der Waals surface area contributed by atoms with Gasteiger partial charge in [-0.1, -0.05) is 32.0 Å². The first-order valence-corrected chi connectivity index (χ1v) is 6.39. The molecule has 16 heavy (non-hydrogen) atoms.